The summed E-state index contributed by atoms with van der Waals surface area (Å²) in [6, 6.07) is 28.5. The average Bonchev–Trinajstić information content (AvgIpc) is 3.51. The van der Waals surface area contributed by atoms with E-state index >= 15 is 0 Å². The molecule has 0 fully saturated rings. The van der Waals surface area contributed by atoms with E-state index < -0.39 is 17.1 Å². The van der Waals surface area contributed by atoms with E-state index in [2.05, 4.69) is 20.9 Å². The molecule has 11 heteroatoms. The summed E-state index contributed by atoms with van der Waals surface area (Å²) in [7, 11) is 0. The summed E-state index contributed by atoms with van der Waals surface area (Å²) in [6.45, 7) is 1.79. The predicted octanol–water partition coefficient (Wildman–Crippen LogP) is 8.13. The second kappa shape index (κ2) is 14.8. The van der Waals surface area contributed by atoms with Crippen LogP contribution in [0.4, 0.5) is 15.2 Å². The highest BCUT2D eigenvalue weighted by Crippen LogP contribution is 2.28. The fourth-order valence-corrected chi connectivity index (χ4v) is 5.75. The first-order valence-electron chi connectivity index (χ1n) is 13.7. The van der Waals surface area contributed by atoms with Crippen molar-refractivity contribution in [3.05, 3.63) is 136 Å². The van der Waals surface area contributed by atoms with Crippen LogP contribution in [-0.4, -0.2) is 28.0 Å². The summed E-state index contributed by atoms with van der Waals surface area (Å²) in [5.41, 5.74) is 3.07. The number of rotatable bonds is 10. The highest BCUT2D eigenvalue weighted by atomic mass is 35.5. The largest absolute Gasteiger partial charge is 0.321 e. The number of aromatic nitrogens is 1. The molecule has 4 aromatic carbocycles. The van der Waals surface area contributed by atoms with Gasteiger partial charge in [-0.3, -0.25) is 14.4 Å². The highest BCUT2D eigenvalue weighted by molar-refractivity contribution is 8.00. The summed E-state index contributed by atoms with van der Waals surface area (Å²) < 4.78 is 13.2. The minimum Gasteiger partial charge on any atom is -0.321 e. The molecule has 1 heterocycles. The molecule has 3 amide bonds. The van der Waals surface area contributed by atoms with Crippen molar-refractivity contribution in [1.29, 1.82) is 0 Å². The lowest BCUT2D eigenvalue weighted by molar-refractivity contribution is -0.115. The zero-order valence-corrected chi connectivity index (χ0v) is 26.2. The first-order chi connectivity index (χ1) is 21.7. The van der Waals surface area contributed by atoms with Crippen LogP contribution in [0.25, 0.3) is 17.3 Å². The molecule has 0 bridgehead atoms. The molecule has 226 valence electrons. The minimum atomic E-state index is -0.508. The van der Waals surface area contributed by atoms with Crippen molar-refractivity contribution in [2.45, 2.75) is 17.1 Å². The Morgan fingerprint density at radius 1 is 0.889 bits per heavy atom. The smallest absolute Gasteiger partial charge is 0.272 e. The number of benzene rings is 4. The number of thiazole rings is 1. The first kappa shape index (κ1) is 31.6. The Kier molecular flexibility index (Phi) is 10.4. The predicted molar refractivity (Wildman–Crippen MR) is 180 cm³/mol. The second-order valence-corrected chi connectivity index (χ2v) is 12.4. The van der Waals surface area contributed by atoms with E-state index in [-0.39, 0.29) is 17.4 Å². The van der Waals surface area contributed by atoms with Gasteiger partial charge in [-0.05, 0) is 91.4 Å². The van der Waals surface area contributed by atoms with Crippen molar-refractivity contribution in [2.75, 3.05) is 10.6 Å². The van der Waals surface area contributed by atoms with Gasteiger partial charge in [0.15, 0.2) is 5.13 Å². The molecule has 3 N–H and O–H groups in total. The number of anilines is 2. The van der Waals surface area contributed by atoms with E-state index in [9.17, 15) is 18.8 Å². The number of thioether (sulfide) groups is 1. The summed E-state index contributed by atoms with van der Waals surface area (Å²) in [5, 5.41) is 10.7. The lowest BCUT2D eigenvalue weighted by Crippen LogP contribution is -2.30. The normalized spacial score (nSPS) is 11.8. The van der Waals surface area contributed by atoms with E-state index in [1.165, 1.54) is 35.2 Å². The Morgan fingerprint density at radius 3 is 2.27 bits per heavy atom. The highest BCUT2D eigenvalue weighted by Gasteiger charge is 2.18. The molecular formula is C34H26ClFN4O3S2. The molecule has 1 unspecified atom stereocenters. The van der Waals surface area contributed by atoms with Gasteiger partial charge in [0.1, 0.15) is 11.5 Å². The van der Waals surface area contributed by atoms with Crippen LogP contribution in [0.1, 0.15) is 22.8 Å². The maximum Gasteiger partial charge on any atom is 0.272 e. The van der Waals surface area contributed by atoms with Crippen LogP contribution in [0.5, 0.6) is 0 Å². The standard InChI is InChI=1S/C34H26ClFN4O3S2/c1-21(31(41)40-34-39-30(20-44-34)23-9-13-26(36)14-10-23)45-28-17-15-27(16-18-28)37-33(43)29(19-22-7-11-25(35)12-8-22)38-32(42)24-5-3-2-4-6-24/h2-21H,1H3,(H,37,43)(H,38,42)(H,39,40,41)/b29-19-. The zero-order valence-electron chi connectivity index (χ0n) is 23.8. The number of hydrogen-bond acceptors (Lipinski definition) is 6. The molecule has 45 heavy (non-hydrogen) atoms. The van der Waals surface area contributed by atoms with Gasteiger partial charge in [0.2, 0.25) is 5.91 Å². The number of nitrogens with one attached hydrogen (secondary N) is 3. The van der Waals surface area contributed by atoms with E-state index in [4.69, 9.17) is 11.6 Å². The average molecular weight is 657 g/mol. The molecule has 0 aliphatic carbocycles. The number of hydrogen-bond donors (Lipinski definition) is 3. The number of amides is 3. The van der Waals surface area contributed by atoms with Crippen molar-refractivity contribution in [3.8, 4) is 11.3 Å². The summed E-state index contributed by atoms with van der Waals surface area (Å²) in [6.07, 6.45) is 1.57. The van der Waals surface area contributed by atoms with Crippen LogP contribution in [-0.2, 0) is 9.59 Å². The molecule has 1 aromatic heterocycles. The van der Waals surface area contributed by atoms with Crippen molar-refractivity contribution in [1.82, 2.24) is 10.3 Å². The van der Waals surface area contributed by atoms with Crippen LogP contribution >= 0.6 is 34.7 Å². The van der Waals surface area contributed by atoms with Gasteiger partial charge in [-0.15, -0.1) is 23.1 Å². The van der Waals surface area contributed by atoms with Crippen LogP contribution in [0, 0.1) is 5.82 Å². The maximum atomic E-state index is 13.3. The van der Waals surface area contributed by atoms with Gasteiger partial charge in [0.25, 0.3) is 11.8 Å². The third kappa shape index (κ3) is 8.89. The van der Waals surface area contributed by atoms with Crippen LogP contribution in [0.3, 0.4) is 0 Å². The van der Waals surface area contributed by atoms with Crippen molar-refractivity contribution in [3.63, 3.8) is 0 Å². The van der Waals surface area contributed by atoms with E-state index in [0.717, 1.165) is 10.5 Å². The number of nitrogens with zero attached hydrogens (tertiary/aromatic N) is 1. The molecule has 0 saturated carbocycles. The topological polar surface area (TPSA) is 100 Å². The van der Waals surface area contributed by atoms with E-state index in [1.54, 1.807) is 109 Å². The Hall–Kier alpha value is -4.77. The molecular weight excluding hydrogens is 631 g/mol. The monoisotopic (exact) mass is 656 g/mol. The second-order valence-electron chi connectivity index (χ2n) is 9.70. The number of carbonyl (C=O) groups is 3. The van der Waals surface area contributed by atoms with Crippen LogP contribution in [0.15, 0.2) is 119 Å². The van der Waals surface area contributed by atoms with Gasteiger partial charge in [0, 0.05) is 32.1 Å². The fourth-order valence-electron chi connectivity index (χ4n) is 4.03. The summed E-state index contributed by atoms with van der Waals surface area (Å²) >= 11 is 8.64. The van der Waals surface area contributed by atoms with E-state index in [1.807, 2.05) is 0 Å². The molecule has 0 spiro atoms. The van der Waals surface area contributed by atoms with Crippen molar-refractivity contribution < 1.29 is 18.8 Å². The van der Waals surface area contributed by atoms with Crippen LogP contribution in [0.2, 0.25) is 5.02 Å². The molecule has 5 rings (SSSR count). The minimum absolute atomic E-state index is 0.0553. The first-order valence-corrected chi connectivity index (χ1v) is 15.8. The molecule has 7 nitrogen and oxygen atoms in total. The summed E-state index contributed by atoms with van der Waals surface area (Å²) in [5.74, 6) is -1.48. The molecule has 0 aliphatic rings. The van der Waals surface area contributed by atoms with Crippen molar-refractivity contribution >= 4 is 69.3 Å². The number of carbonyl (C=O) groups excluding carboxylic acids is 3. The maximum absolute atomic E-state index is 13.3. The third-order valence-corrected chi connectivity index (χ3v) is 8.50. The van der Waals surface area contributed by atoms with Gasteiger partial charge in [-0.1, -0.05) is 41.9 Å². The SMILES string of the molecule is CC(Sc1ccc(NC(=O)/C(=C/c2ccc(Cl)cc2)NC(=O)c2ccccc2)cc1)C(=O)Nc1nc(-c2ccc(F)cc2)cs1. The van der Waals surface area contributed by atoms with Gasteiger partial charge in [0.05, 0.1) is 10.9 Å². The Bertz CT molecular complexity index is 1830. The molecule has 0 radical (unpaired) electrons. The fraction of sp³-hybridized carbons (Fsp3) is 0.0588. The number of halogens is 2. The molecule has 1 atom stereocenters. The Labute approximate surface area is 272 Å². The van der Waals surface area contributed by atoms with Gasteiger partial charge >= 0.3 is 0 Å². The Balaban J connectivity index is 1.20. The third-order valence-electron chi connectivity index (χ3n) is 6.38. The molecule has 5 aromatic rings. The van der Waals surface area contributed by atoms with E-state index in [0.29, 0.717) is 32.7 Å². The van der Waals surface area contributed by atoms with Gasteiger partial charge in [-0.25, -0.2) is 9.37 Å². The zero-order chi connectivity index (χ0) is 31.8. The lowest BCUT2D eigenvalue weighted by Gasteiger charge is -2.13. The van der Waals surface area contributed by atoms with Gasteiger partial charge < -0.3 is 16.0 Å². The molecule has 0 saturated heterocycles. The van der Waals surface area contributed by atoms with Crippen LogP contribution < -0.4 is 16.0 Å². The lowest BCUT2D eigenvalue weighted by atomic mass is 10.1. The Morgan fingerprint density at radius 2 is 1.58 bits per heavy atom. The quantitative estimate of drug-likeness (QED) is 0.104. The van der Waals surface area contributed by atoms with Crippen molar-refractivity contribution in [2.24, 2.45) is 0 Å². The van der Waals surface area contributed by atoms with Gasteiger partial charge in [-0.2, -0.15) is 0 Å². The molecule has 0 aliphatic heterocycles. The summed E-state index contributed by atoms with van der Waals surface area (Å²) in [4.78, 5) is 44.2.